The van der Waals surface area contributed by atoms with Gasteiger partial charge in [0, 0.05) is 6.42 Å². The summed E-state index contributed by atoms with van der Waals surface area (Å²) in [5.41, 5.74) is 8.09. The molecule has 0 heterocycles. The Morgan fingerprint density at radius 2 is 2.16 bits per heavy atom. The lowest BCUT2D eigenvalue weighted by molar-refractivity contribution is -0.138. The molecule has 0 aliphatic heterocycles. The lowest BCUT2D eigenvalue weighted by Gasteiger charge is -2.07. The van der Waals surface area contributed by atoms with Crippen LogP contribution in [0.5, 0.6) is 5.75 Å². The summed E-state index contributed by atoms with van der Waals surface area (Å²) in [7, 11) is 0. The molecule has 0 radical (unpaired) electrons. The van der Waals surface area contributed by atoms with Gasteiger partial charge in [-0.2, -0.15) is 0 Å². The SMILES string of the molecule is Cc1cccc(OCCCC(=O)NOCC(N)=O)c1. The largest absolute Gasteiger partial charge is 0.494 e. The Hall–Kier alpha value is -2.08. The molecule has 1 rings (SSSR count). The molecule has 1 aromatic carbocycles. The number of ether oxygens (including phenoxy) is 1. The molecule has 0 aromatic heterocycles. The maximum absolute atomic E-state index is 11.2. The first-order valence-corrected chi connectivity index (χ1v) is 5.96. The van der Waals surface area contributed by atoms with Crippen molar-refractivity contribution >= 4 is 11.8 Å². The molecule has 6 heteroatoms. The molecule has 0 saturated carbocycles. The molecule has 0 unspecified atom stereocenters. The van der Waals surface area contributed by atoms with Crippen LogP contribution >= 0.6 is 0 Å². The quantitative estimate of drug-likeness (QED) is 0.535. The summed E-state index contributed by atoms with van der Waals surface area (Å²) < 4.78 is 5.48. The number of hydrogen-bond acceptors (Lipinski definition) is 4. The summed E-state index contributed by atoms with van der Waals surface area (Å²) in [6.45, 7) is 2.09. The van der Waals surface area contributed by atoms with Crippen LogP contribution in [0.1, 0.15) is 18.4 Å². The van der Waals surface area contributed by atoms with E-state index in [2.05, 4.69) is 10.3 Å². The zero-order valence-corrected chi connectivity index (χ0v) is 10.8. The first-order valence-electron chi connectivity index (χ1n) is 5.96. The molecule has 1 aromatic rings. The van der Waals surface area contributed by atoms with Crippen LogP contribution in [0.4, 0.5) is 0 Å². The lowest BCUT2D eigenvalue weighted by atomic mass is 10.2. The fourth-order valence-corrected chi connectivity index (χ4v) is 1.37. The number of nitrogens with two attached hydrogens (primary N) is 1. The van der Waals surface area contributed by atoms with Gasteiger partial charge in [-0.1, -0.05) is 12.1 Å². The van der Waals surface area contributed by atoms with E-state index in [-0.39, 0.29) is 18.9 Å². The van der Waals surface area contributed by atoms with E-state index in [0.29, 0.717) is 13.0 Å². The van der Waals surface area contributed by atoms with Gasteiger partial charge in [-0.15, -0.1) is 0 Å². The van der Waals surface area contributed by atoms with Crippen molar-refractivity contribution in [2.75, 3.05) is 13.2 Å². The highest BCUT2D eigenvalue weighted by Crippen LogP contribution is 2.12. The van der Waals surface area contributed by atoms with Crippen molar-refractivity contribution in [1.29, 1.82) is 0 Å². The van der Waals surface area contributed by atoms with Crippen molar-refractivity contribution in [3.05, 3.63) is 29.8 Å². The van der Waals surface area contributed by atoms with E-state index in [1.165, 1.54) is 0 Å². The van der Waals surface area contributed by atoms with Gasteiger partial charge >= 0.3 is 0 Å². The molecule has 0 bridgehead atoms. The molecule has 0 aliphatic carbocycles. The lowest BCUT2D eigenvalue weighted by Crippen LogP contribution is -2.29. The van der Waals surface area contributed by atoms with E-state index >= 15 is 0 Å². The highest BCUT2D eigenvalue weighted by molar-refractivity contribution is 5.76. The molecule has 0 atom stereocenters. The fourth-order valence-electron chi connectivity index (χ4n) is 1.37. The Kier molecular flexibility index (Phi) is 6.38. The van der Waals surface area contributed by atoms with Gasteiger partial charge in [0.2, 0.25) is 11.8 Å². The molecule has 0 fully saturated rings. The van der Waals surface area contributed by atoms with Crippen molar-refractivity contribution < 1.29 is 19.2 Å². The second-order valence-electron chi connectivity index (χ2n) is 4.05. The Balaban J connectivity index is 2.10. The van der Waals surface area contributed by atoms with Crippen molar-refractivity contribution in [3.8, 4) is 5.75 Å². The Morgan fingerprint density at radius 3 is 2.84 bits per heavy atom. The molecular weight excluding hydrogens is 248 g/mol. The van der Waals surface area contributed by atoms with E-state index < -0.39 is 5.91 Å². The maximum atomic E-state index is 11.2. The summed E-state index contributed by atoms with van der Waals surface area (Å²) in [6, 6.07) is 7.69. The minimum Gasteiger partial charge on any atom is -0.494 e. The molecule has 6 nitrogen and oxygen atoms in total. The normalized spacial score (nSPS) is 9.95. The van der Waals surface area contributed by atoms with E-state index in [9.17, 15) is 9.59 Å². The Morgan fingerprint density at radius 1 is 1.37 bits per heavy atom. The molecule has 3 N–H and O–H groups in total. The third kappa shape index (κ3) is 7.05. The van der Waals surface area contributed by atoms with Gasteiger partial charge in [-0.25, -0.2) is 5.48 Å². The van der Waals surface area contributed by atoms with Gasteiger partial charge in [-0.05, 0) is 31.0 Å². The summed E-state index contributed by atoms with van der Waals surface area (Å²) in [5, 5.41) is 0. The van der Waals surface area contributed by atoms with Gasteiger partial charge in [0.05, 0.1) is 6.61 Å². The monoisotopic (exact) mass is 266 g/mol. The molecule has 2 amide bonds. The third-order valence-electron chi connectivity index (χ3n) is 2.21. The van der Waals surface area contributed by atoms with Gasteiger partial charge in [0.1, 0.15) is 5.75 Å². The molecular formula is C13H18N2O4. The van der Waals surface area contributed by atoms with E-state index in [0.717, 1.165) is 11.3 Å². The van der Waals surface area contributed by atoms with Gasteiger partial charge < -0.3 is 10.5 Å². The second kappa shape index (κ2) is 8.10. The Labute approximate surface area is 111 Å². The number of aryl methyl sites for hydroxylation is 1. The van der Waals surface area contributed by atoms with Crippen LogP contribution in [0.15, 0.2) is 24.3 Å². The number of hydrogen-bond donors (Lipinski definition) is 2. The zero-order chi connectivity index (χ0) is 14.1. The van der Waals surface area contributed by atoms with Crippen molar-refractivity contribution in [1.82, 2.24) is 5.48 Å². The number of primary amides is 1. The van der Waals surface area contributed by atoms with Gasteiger partial charge in [-0.3, -0.25) is 14.4 Å². The summed E-state index contributed by atoms with van der Waals surface area (Å²) in [4.78, 5) is 26.2. The predicted molar refractivity (Wildman–Crippen MR) is 69.2 cm³/mol. The topological polar surface area (TPSA) is 90.7 Å². The number of carbonyl (C=O) groups excluding carboxylic acids is 2. The van der Waals surface area contributed by atoms with E-state index in [1.54, 1.807) is 0 Å². The molecule has 19 heavy (non-hydrogen) atoms. The smallest absolute Gasteiger partial charge is 0.246 e. The van der Waals surface area contributed by atoms with E-state index in [1.807, 2.05) is 31.2 Å². The summed E-state index contributed by atoms with van der Waals surface area (Å²) >= 11 is 0. The van der Waals surface area contributed by atoms with Crippen LogP contribution < -0.4 is 16.0 Å². The fraction of sp³-hybridized carbons (Fsp3) is 0.385. The van der Waals surface area contributed by atoms with Crippen molar-refractivity contribution in [2.24, 2.45) is 5.73 Å². The van der Waals surface area contributed by atoms with Crippen LogP contribution in [-0.4, -0.2) is 25.0 Å². The van der Waals surface area contributed by atoms with Gasteiger partial charge in [0.15, 0.2) is 6.61 Å². The Bertz CT molecular complexity index is 434. The molecule has 104 valence electrons. The van der Waals surface area contributed by atoms with Crippen LogP contribution in [0.2, 0.25) is 0 Å². The second-order valence-corrected chi connectivity index (χ2v) is 4.05. The molecule has 0 spiro atoms. The van der Waals surface area contributed by atoms with Crippen molar-refractivity contribution in [2.45, 2.75) is 19.8 Å². The van der Waals surface area contributed by atoms with Crippen LogP contribution in [0, 0.1) is 6.92 Å². The minimum absolute atomic E-state index is 0.255. The number of nitrogens with one attached hydrogen (secondary N) is 1. The first-order chi connectivity index (χ1) is 9.08. The number of amides is 2. The number of hydroxylamine groups is 1. The third-order valence-corrected chi connectivity index (χ3v) is 2.21. The standard InChI is InChI=1S/C13H18N2O4/c1-10-4-2-5-11(8-10)18-7-3-6-13(17)15-19-9-12(14)16/h2,4-5,8H,3,6-7,9H2,1H3,(H2,14,16)(H,15,17). The number of carbonyl (C=O) groups is 2. The predicted octanol–water partition coefficient (Wildman–Crippen LogP) is 0.687. The number of rotatable bonds is 8. The molecule has 0 aliphatic rings. The first kappa shape index (κ1) is 15.0. The summed E-state index contributed by atoms with van der Waals surface area (Å²) in [5.74, 6) is -0.164. The highest BCUT2D eigenvalue weighted by Gasteiger charge is 2.02. The van der Waals surface area contributed by atoms with Gasteiger partial charge in [0.25, 0.3) is 0 Å². The number of benzene rings is 1. The van der Waals surface area contributed by atoms with Crippen LogP contribution in [-0.2, 0) is 14.4 Å². The minimum atomic E-state index is -0.636. The average Bonchev–Trinajstić information content (AvgIpc) is 2.34. The van der Waals surface area contributed by atoms with Crippen LogP contribution in [0.25, 0.3) is 0 Å². The van der Waals surface area contributed by atoms with Crippen LogP contribution in [0.3, 0.4) is 0 Å². The summed E-state index contributed by atoms with van der Waals surface area (Å²) in [6.07, 6.45) is 0.810. The highest BCUT2D eigenvalue weighted by atomic mass is 16.7. The zero-order valence-electron chi connectivity index (χ0n) is 10.8. The van der Waals surface area contributed by atoms with Crippen molar-refractivity contribution in [3.63, 3.8) is 0 Å². The molecule has 0 saturated heterocycles. The van der Waals surface area contributed by atoms with E-state index in [4.69, 9.17) is 10.5 Å². The average molecular weight is 266 g/mol. The maximum Gasteiger partial charge on any atom is 0.246 e.